The van der Waals surface area contributed by atoms with Crippen molar-refractivity contribution in [3.63, 3.8) is 0 Å². The number of aliphatic hydroxyl groups excluding tert-OH is 1. The zero-order valence-corrected chi connectivity index (χ0v) is 20.0. The topological polar surface area (TPSA) is 95.9 Å². The van der Waals surface area contributed by atoms with Crippen LogP contribution in [0.2, 0.25) is 5.15 Å². The molecule has 34 heavy (non-hydrogen) atoms. The van der Waals surface area contributed by atoms with E-state index in [-0.39, 0.29) is 18.6 Å². The fraction of sp³-hybridized carbons (Fsp3) is 0.269. The second kappa shape index (κ2) is 10.2. The number of carbonyl (C=O) groups excluding carboxylic acids is 1. The summed E-state index contributed by atoms with van der Waals surface area (Å²) in [7, 11) is 0. The summed E-state index contributed by atoms with van der Waals surface area (Å²) in [4.78, 5) is 16.1. The van der Waals surface area contributed by atoms with E-state index in [1.165, 1.54) is 5.56 Å². The summed E-state index contributed by atoms with van der Waals surface area (Å²) < 4.78 is 3.93. The Kier molecular flexibility index (Phi) is 7.14. The molecule has 2 heterocycles. The summed E-state index contributed by atoms with van der Waals surface area (Å²) in [5.41, 5.74) is 5.35. The summed E-state index contributed by atoms with van der Waals surface area (Å²) in [5, 5.41) is 21.6. The summed E-state index contributed by atoms with van der Waals surface area (Å²) in [6.07, 6.45) is 2.35. The van der Waals surface area contributed by atoms with Crippen molar-refractivity contribution in [2.24, 2.45) is 0 Å². The molecule has 0 bridgehead atoms. The minimum atomic E-state index is -0.571. The van der Waals surface area contributed by atoms with Crippen LogP contribution in [-0.2, 0) is 11.2 Å². The third-order valence-corrected chi connectivity index (χ3v) is 6.34. The van der Waals surface area contributed by atoms with Crippen LogP contribution in [-0.4, -0.2) is 38.3 Å². The zero-order chi connectivity index (χ0) is 24.2. The van der Waals surface area contributed by atoms with E-state index in [4.69, 9.17) is 11.6 Å². The van der Waals surface area contributed by atoms with Gasteiger partial charge in [-0.2, -0.15) is 0 Å². The molecule has 0 saturated carbocycles. The number of carbonyl (C=O) groups is 1. The van der Waals surface area contributed by atoms with Crippen LogP contribution in [0.15, 0.2) is 66.9 Å². The summed E-state index contributed by atoms with van der Waals surface area (Å²) >= 11 is 5.98. The number of aromatic nitrogens is 3. The first-order chi connectivity index (χ1) is 16.4. The van der Waals surface area contributed by atoms with E-state index in [0.717, 1.165) is 22.2 Å². The van der Waals surface area contributed by atoms with E-state index >= 15 is 0 Å². The highest BCUT2D eigenvalue weighted by atomic mass is 35.5. The number of nitrogens with one attached hydrogen (secondary N) is 2. The summed E-state index contributed by atoms with van der Waals surface area (Å²) in [6, 6.07) is 19.4. The summed E-state index contributed by atoms with van der Waals surface area (Å²) in [6.45, 7) is 3.79. The molecule has 0 aliphatic heterocycles. The van der Waals surface area contributed by atoms with Gasteiger partial charge in [-0.3, -0.25) is 10.2 Å². The monoisotopic (exact) mass is 477 g/mol. The van der Waals surface area contributed by atoms with Crippen molar-refractivity contribution in [2.75, 3.05) is 13.2 Å². The van der Waals surface area contributed by atoms with Gasteiger partial charge < -0.3 is 19.6 Å². The van der Waals surface area contributed by atoms with E-state index in [0.29, 0.717) is 17.2 Å². The molecule has 3 N–H and O–H groups in total. The molecule has 1 unspecified atom stereocenters. The van der Waals surface area contributed by atoms with E-state index in [1.807, 2.05) is 53.3 Å². The van der Waals surface area contributed by atoms with Crippen LogP contribution < -0.4 is 10.9 Å². The largest absolute Gasteiger partial charge is 0.387 e. The Labute approximate surface area is 203 Å². The van der Waals surface area contributed by atoms with Crippen LogP contribution in [0.5, 0.6) is 0 Å². The lowest BCUT2D eigenvalue weighted by atomic mass is 10.0. The van der Waals surface area contributed by atoms with Crippen LogP contribution in [0.3, 0.4) is 0 Å². The molecule has 2 aromatic carbocycles. The fourth-order valence-electron chi connectivity index (χ4n) is 4.30. The van der Waals surface area contributed by atoms with Gasteiger partial charge in [0.1, 0.15) is 11.8 Å². The molecule has 4 rings (SSSR count). The van der Waals surface area contributed by atoms with Crippen LogP contribution in [0.1, 0.15) is 35.7 Å². The van der Waals surface area contributed by atoms with E-state index in [9.17, 15) is 15.3 Å². The lowest BCUT2D eigenvalue weighted by molar-refractivity contribution is -0.123. The van der Waals surface area contributed by atoms with Crippen molar-refractivity contribution in [3.05, 3.63) is 94.3 Å². The number of rotatable bonds is 8. The molecule has 0 spiro atoms. The molecule has 2 atom stereocenters. The Bertz CT molecular complexity index is 1340. The predicted octanol–water partition coefficient (Wildman–Crippen LogP) is 3.78. The molecule has 8 heteroatoms. The number of nitrogens with zero attached hydrogens (tertiary/aromatic N) is 3. The van der Waals surface area contributed by atoms with E-state index in [2.05, 4.69) is 34.6 Å². The number of hydrogen-bond donors (Lipinski definition) is 3. The molecule has 0 radical (unpaired) electrons. The Hall–Kier alpha value is -3.42. The van der Waals surface area contributed by atoms with Crippen LogP contribution >= 0.6 is 11.6 Å². The van der Waals surface area contributed by atoms with Gasteiger partial charge in [0, 0.05) is 12.7 Å². The minimum absolute atomic E-state index is 0.157. The molecule has 1 amide bonds. The third-order valence-electron chi connectivity index (χ3n) is 6.11. The van der Waals surface area contributed by atoms with Gasteiger partial charge in [-0.1, -0.05) is 59.6 Å². The van der Waals surface area contributed by atoms with Crippen molar-refractivity contribution < 1.29 is 9.90 Å². The number of amides is 1. The van der Waals surface area contributed by atoms with Crippen molar-refractivity contribution in [1.29, 1.82) is 5.41 Å². The van der Waals surface area contributed by atoms with Crippen molar-refractivity contribution in [1.82, 2.24) is 19.4 Å². The smallest absolute Gasteiger partial charge is 0.245 e. The van der Waals surface area contributed by atoms with Gasteiger partial charge in [0.15, 0.2) is 0 Å². The number of fused-ring (bicyclic) bond motifs is 1. The number of pyridine rings is 1. The highest BCUT2D eigenvalue weighted by Gasteiger charge is 2.23. The average Bonchev–Trinajstić information content (AvgIpc) is 3.14. The number of aliphatic hydroxyl groups is 1. The average molecular weight is 478 g/mol. The molecule has 0 fully saturated rings. The highest BCUT2D eigenvalue weighted by molar-refractivity contribution is 6.29. The molecule has 176 valence electrons. The number of imidazole rings is 1. The normalized spacial score (nSPS) is 13.1. The van der Waals surface area contributed by atoms with Gasteiger partial charge in [0.2, 0.25) is 11.5 Å². The number of para-hydroxylation sites is 2. The lowest BCUT2D eigenvalue weighted by Crippen LogP contribution is -2.38. The first-order valence-electron chi connectivity index (χ1n) is 11.2. The molecule has 4 aromatic rings. The van der Waals surface area contributed by atoms with Gasteiger partial charge >= 0.3 is 0 Å². The number of aryl methyl sites for hydroxylation is 1. The first kappa shape index (κ1) is 23.7. The molecular formula is C26H28ClN5O2. The summed E-state index contributed by atoms with van der Waals surface area (Å²) in [5.74, 6) is -0.439. The van der Waals surface area contributed by atoms with Crippen LogP contribution in [0.25, 0.3) is 11.0 Å². The SMILES string of the molecule is Cc1ccc(C[C@@H](CNC(=O)CO)n2c(=N)n(C(C)c3ccc(Cl)nc3)c3ccccc32)cc1. The highest BCUT2D eigenvalue weighted by Crippen LogP contribution is 2.26. The minimum Gasteiger partial charge on any atom is -0.387 e. The number of hydrogen-bond acceptors (Lipinski definition) is 4. The number of halogens is 1. The number of benzene rings is 2. The Morgan fingerprint density at radius 3 is 2.38 bits per heavy atom. The first-order valence-corrected chi connectivity index (χ1v) is 11.6. The maximum atomic E-state index is 11.9. The molecular weight excluding hydrogens is 450 g/mol. The van der Waals surface area contributed by atoms with Crippen LogP contribution in [0.4, 0.5) is 0 Å². The third kappa shape index (κ3) is 4.90. The predicted molar refractivity (Wildman–Crippen MR) is 133 cm³/mol. The molecule has 0 aliphatic rings. The Morgan fingerprint density at radius 2 is 1.76 bits per heavy atom. The van der Waals surface area contributed by atoms with E-state index < -0.39 is 12.5 Å². The van der Waals surface area contributed by atoms with Crippen molar-refractivity contribution in [3.8, 4) is 0 Å². The van der Waals surface area contributed by atoms with Gasteiger partial charge in [0.05, 0.1) is 23.1 Å². The van der Waals surface area contributed by atoms with Gasteiger partial charge in [0.25, 0.3) is 0 Å². The Balaban J connectivity index is 1.82. The van der Waals surface area contributed by atoms with Gasteiger partial charge in [-0.25, -0.2) is 4.98 Å². The van der Waals surface area contributed by atoms with Gasteiger partial charge in [-0.15, -0.1) is 0 Å². The van der Waals surface area contributed by atoms with Crippen molar-refractivity contribution >= 4 is 28.5 Å². The molecule has 0 aliphatic carbocycles. The van der Waals surface area contributed by atoms with Crippen LogP contribution in [0, 0.1) is 12.3 Å². The zero-order valence-electron chi connectivity index (χ0n) is 19.2. The maximum Gasteiger partial charge on any atom is 0.245 e. The molecule has 2 aromatic heterocycles. The quantitative estimate of drug-likeness (QED) is 0.337. The van der Waals surface area contributed by atoms with Crippen molar-refractivity contribution in [2.45, 2.75) is 32.4 Å². The fourth-order valence-corrected chi connectivity index (χ4v) is 4.41. The lowest BCUT2D eigenvalue weighted by Gasteiger charge is -2.21. The molecule has 0 saturated heterocycles. The second-order valence-corrected chi connectivity index (χ2v) is 8.84. The van der Waals surface area contributed by atoms with Gasteiger partial charge in [-0.05, 0) is 49.6 Å². The van der Waals surface area contributed by atoms with E-state index in [1.54, 1.807) is 12.3 Å². The standard InChI is InChI=1S/C26H28ClN5O2/c1-17-7-9-19(10-8-17)13-21(15-30-25(34)16-33)32-23-6-4-3-5-22(23)31(26(32)28)18(2)20-11-12-24(27)29-14-20/h3-12,14,18,21,28,33H,13,15-16H2,1-2H3,(H,30,34)/t18?,21-/m0/s1. The Morgan fingerprint density at radius 1 is 1.09 bits per heavy atom. The second-order valence-electron chi connectivity index (χ2n) is 8.45. The molecule has 7 nitrogen and oxygen atoms in total. The maximum absolute atomic E-state index is 11.9.